The smallest absolute Gasteiger partial charge is 0.281 e. The number of carbonyl (C=O) groups is 3. The fourth-order valence-corrected chi connectivity index (χ4v) is 4.12. The number of fused-ring (bicyclic) bond motifs is 1. The summed E-state index contributed by atoms with van der Waals surface area (Å²) in [5.74, 6) is -0.973. The molecule has 0 aliphatic heterocycles. The largest absolute Gasteiger partial charge is 0.294 e. The summed E-state index contributed by atoms with van der Waals surface area (Å²) in [7, 11) is 0. The van der Waals surface area contributed by atoms with E-state index in [4.69, 9.17) is 23.2 Å². The predicted octanol–water partition coefficient (Wildman–Crippen LogP) is 4.67. The lowest BCUT2D eigenvalue weighted by molar-refractivity contribution is -0.104. The van der Waals surface area contributed by atoms with Crippen molar-refractivity contribution in [2.75, 3.05) is 0 Å². The van der Waals surface area contributed by atoms with Crippen molar-refractivity contribution < 1.29 is 14.4 Å². The van der Waals surface area contributed by atoms with E-state index in [2.05, 4.69) is 26.0 Å². The van der Waals surface area contributed by atoms with Gasteiger partial charge in [0.1, 0.15) is 10.3 Å². The van der Waals surface area contributed by atoms with E-state index in [1.165, 1.54) is 27.7 Å². The number of carbonyl (C=O) groups excluding carboxylic acids is 3. The number of Topliss-reactive ketones (excluding diaryl/α,β-unsaturated/α-hetero) is 1. The normalized spacial score (nSPS) is 11.1. The first kappa shape index (κ1) is 20.5. The molecule has 0 fully saturated rings. The highest BCUT2D eigenvalue weighted by molar-refractivity contribution is 9.10. The van der Waals surface area contributed by atoms with E-state index in [-0.39, 0.29) is 23.4 Å². The minimum atomic E-state index is -0.754. The Kier molecular flexibility index (Phi) is 5.31. The van der Waals surface area contributed by atoms with Crippen LogP contribution in [0.5, 0.6) is 0 Å². The molecule has 3 aromatic heterocycles. The van der Waals surface area contributed by atoms with Gasteiger partial charge in [-0.1, -0.05) is 23.2 Å². The first-order chi connectivity index (χ1) is 14.3. The minimum Gasteiger partial charge on any atom is -0.294 e. The van der Waals surface area contributed by atoms with E-state index < -0.39 is 11.7 Å². The number of ketones is 1. The summed E-state index contributed by atoms with van der Waals surface area (Å²) in [6, 6.07) is 8.03. The van der Waals surface area contributed by atoms with Gasteiger partial charge >= 0.3 is 0 Å². The average molecular weight is 506 g/mol. The Hall–Kier alpha value is -2.81. The summed E-state index contributed by atoms with van der Waals surface area (Å²) >= 11 is 15.7. The Morgan fingerprint density at radius 1 is 1.20 bits per heavy atom. The Labute approximate surface area is 188 Å². The average Bonchev–Trinajstić information content (AvgIpc) is 3.28. The molecule has 0 spiro atoms. The van der Waals surface area contributed by atoms with Crippen molar-refractivity contribution in [3.63, 3.8) is 0 Å². The van der Waals surface area contributed by atoms with Gasteiger partial charge in [-0.05, 0) is 52.7 Å². The van der Waals surface area contributed by atoms with Gasteiger partial charge in [-0.15, -0.1) is 0 Å². The molecular weight excluding hydrogens is 495 g/mol. The van der Waals surface area contributed by atoms with Gasteiger partial charge < -0.3 is 0 Å². The van der Waals surface area contributed by atoms with Gasteiger partial charge in [-0.3, -0.25) is 19.0 Å². The molecule has 0 saturated carbocycles. The molecule has 0 saturated heterocycles. The second kappa shape index (κ2) is 7.79. The third-order valence-electron chi connectivity index (χ3n) is 4.48. The van der Waals surface area contributed by atoms with Gasteiger partial charge in [0.05, 0.1) is 16.1 Å². The van der Waals surface area contributed by atoms with Gasteiger partial charge in [0.15, 0.2) is 12.1 Å². The van der Waals surface area contributed by atoms with Crippen LogP contribution in [0.4, 0.5) is 0 Å². The molecule has 0 amide bonds. The molecule has 0 aliphatic rings. The van der Waals surface area contributed by atoms with E-state index in [1.54, 1.807) is 31.2 Å². The van der Waals surface area contributed by atoms with Gasteiger partial charge in [-0.25, -0.2) is 9.67 Å². The summed E-state index contributed by atoms with van der Waals surface area (Å²) in [6.07, 6.45) is 3.07. The van der Waals surface area contributed by atoms with Crippen molar-refractivity contribution in [1.29, 1.82) is 0 Å². The number of aryl methyl sites for hydroxylation is 1. The molecule has 0 aliphatic carbocycles. The van der Waals surface area contributed by atoms with E-state index >= 15 is 0 Å². The van der Waals surface area contributed by atoms with E-state index in [1.807, 2.05) is 0 Å². The zero-order valence-corrected chi connectivity index (χ0v) is 18.4. The van der Waals surface area contributed by atoms with Crippen LogP contribution >= 0.6 is 39.1 Å². The SMILES string of the molecule is Cc1cc(Cl)cc2c(C(=O)C=O)cn(C(=O)c3cc(Br)nn3-c3ncccc3Cl)c12. The van der Waals surface area contributed by atoms with Crippen LogP contribution in [0.15, 0.2) is 47.3 Å². The standard InChI is InChI=1S/C20H11BrCl2N4O3/c1-10-5-11(22)6-12-13(16(29)9-28)8-26(18(10)12)20(30)15-7-17(21)25-27(15)19-14(23)3-2-4-24-19/h2-9H,1H3. The lowest BCUT2D eigenvalue weighted by atomic mass is 10.1. The van der Waals surface area contributed by atoms with Crippen molar-refractivity contribution >= 4 is 68.0 Å². The van der Waals surface area contributed by atoms with Gasteiger partial charge in [0, 0.05) is 28.9 Å². The van der Waals surface area contributed by atoms with Crippen LogP contribution in [-0.2, 0) is 4.79 Å². The fraction of sp³-hybridized carbons (Fsp3) is 0.0500. The summed E-state index contributed by atoms with van der Waals surface area (Å²) < 4.78 is 3.01. The summed E-state index contributed by atoms with van der Waals surface area (Å²) in [4.78, 5) is 41.0. The maximum atomic E-state index is 13.5. The van der Waals surface area contributed by atoms with Crippen molar-refractivity contribution in [3.8, 4) is 5.82 Å². The third-order valence-corrected chi connectivity index (χ3v) is 5.38. The van der Waals surface area contributed by atoms with Crippen LogP contribution in [0.25, 0.3) is 16.7 Å². The van der Waals surface area contributed by atoms with Gasteiger partial charge in [0.2, 0.25) is 5.78 Å². The summed E-state index contributed by atoms with van der Waals surface area (Å²) in [6.45, 7) is 1.76. The second-order valence-electron chi connectivity index (χ2n) is 6.39. The van der Waals surface area contributed by atoms with Crippen LogP contribution in [-0.4, -0.2) is 37.3 Å². The van der Waals surface area contributed by atoms with Crippen LogP contribution < -0.4 is 0 Å². The quantitative estimate of drug-likeness (QED) is 0.228. The minimum absolute atomic E-state index is 0.0833. The van der Waals surface area contributed by atoms with Crippen LogP contribution in [0.3, 0.4) is 0 Å². The summed E-state index contributed by atoms with van der Waals surface area (Å²) in [5.41, 5.74) is 1.36. The molecule has 0 atom stereocenters. The Morgan fingerprint density at radius 3 is 2.67 bits per heavy atom. The van der Waals surface area contributed by atoms with E-state index in [0.29, 0.717) is 31.1 Å². The number of halogens is 3. The molecule has 0 N–H and O–H groups in total. The first-order valence-corrected chi connectivity index (χ1v) is 10.1. The summed E-state index contributed by atoms with van der Waals surface area (Å²) in [5, 5.41) is 5.37. The number of hydrogen-bond donors (Lipinski definition) is 0. The second-order valence-corrected chi connectivity index (χ2v) is 8.05. The topological polar surface area (TPSA) is 86.9 Å². The molecule has 4 rings (SSSR count). The fourth-order valence-electron chi connectivity index (χ4n) is 3.27. The molecule has 3 heterocycles. The molecule has 0 bridgehead atoms. The molecule has 0 unspecified atom stereocenters. The Balaban J connectivity index is 1.98. The highest BCUT2D eigenvalue weighted by Gasteiger charge is 2.25. The highest BCUT2D eigenvalue weighted by atomic mass is 79.9. The van der Waals surface area contributed by atoms with Crippen LogP contribution in [0, 0.1) is 6.92 Å². The predicted molar refractivity (Wildman–Crippen MR) is 116 cm³/mol. The first-order valence-electron chi connectivity index (χ1n) is 8.53. The number of aromatic nitrogens is 4. The van der Waals surface area contributed by atoms with Gasteiger partial charge in [-0.2, -0.15) is 5.10 Å². The van der Waals surface area contributed by atoms with Crippen molar-refractivity contribution in [2.45, 2.75) is 6.92 Å². The highest BCUT2D eigenvalue weighted by Crippen LogP contribution is 2.30. The molecule has 10 heteroatoms. The molecular formula is C20H11BrCl2N4O3. The number of hydrogen-bond acceptors (Lipinski definition) is 5. The molecule has 1 aromatic carbocycles. The van der Waals surface area contributed by atoms with Crippen LogP contribution in [0.2, 0.25) is 10.0 Å². The molecule has 0 radical (unpaired) electrons. The van der Waals surface area contributed by atoms with Gasteiger partial charge in [0.25, 0.3) is 5.91 Å². The molecule has 30 heavy (non-hydrogen) atoms. The number of rotatable bonds is 4. The lowest BCUT2D eigenvalue weighted by Crippen LogP contribution is -2.17. The van der Waals surface area contributed by atoms with E-state index in [9.17, 15) is 14.4 Å². The Bertz CT molecular complexity index is 1360. The molecule has 4 aromatic rings. The lowest BCUT2D eigenvalue weighted by Gasteiger charge is -2.09. The van der Waals surface area contributed by atoms with Crippen LogP contribution in [0.1, 0.15) is 26.4 Å². The number of aldehydes is 1. The zero-order valence-electron chi connectivity index (χ0n) is 15.3. The van der Waals surface area contributed by atoms with Crippen molar-refractivity contribution in [2.24, 2.45) is 0 Å². The van der Waals surface area contributed by atoms with E-state index in [0.717, 1.165) is 0 Å². The number of nitrogens with zero attached hydrogens (tertiary/aromatic N) is 4. The maximum absolute atomic E-state index is 13.5. The maximum Gasteiger partial charge on any atom is 0.281 e. The number of pyridine rings is 1. The zero-order chi connectivity index (χ0) is 21.6. The van der Waals surface area contributed by atoms with Crippen molar-refractivity contribution in [3.05, 3.63) is 74.2 Å². The number of benzene rings is 1. The molecule has 7 nitrogen and oxygen atoms in total. The van der Waals surface area contributed by atoms with Crippen molar-refractivity contribution in [1.82, 2.24) is 19.3 Å². The third kappa shape index (κ3) is 3.36. The molecule has 150 valence electrons. The Morgan fingerprint density at radius 2 is 1.97 bits per heavy atom. The monoisotopic (exact) mass is 504 g/mol.